The molecule has 2 unspecified atom stereocenters. The van der Waals surface area contributed by atoms with Crippen molar-refractivity contribution in [3.05, 3.63) is 10.6 Å². The van der Waals surface area contributed by atoms with Gasteiger partial charge in [-0.2, -0.15) is 0 Å². The minimum Gasteiger partial charge on any atom is -0.345 e. The van der Waals surface area contributed by atoms with Crippen molar-refractivity contribution < 1.29 is 0 Å². The number of nitrogens with one attached hydrogen (secondary N) is 1. The summed E-state index contributed by atoms with van der Waals surface area (Å²) >= 11 is 1.92. The Hall–Kier alpha value is -0.610. The highest BCUT2D eigenvalue weighted by Crippen LogP contribution is 2.43. The molecule has 0 aromatic carbocycles. The maximum Gasteiger partial charge on any atom is 0.186 e. The highest BCUT2D eigenvalue weighted by Gasteiger charge is 2.39. The van der Waals surface area contributed by atoms with E-state index in [2.05, 4.69) is 44.8 Å². The predicted octanol–water partition coefficient (Wildman–Crippen LogP) is 3.93. The van der Waals surface area contributed by atoms with E-state index in [0.717, 1.165) is 18.5 Å². The van der Waals surface area contributed by atoms with Crippen LogP contribution in [0.1, 0.15) is 64.5 Å². The Kier molecular flexibility index (Phi) is 4.04. The summed E-state index contributed by atoms with van der Waals surface area (Å²) in [5.74, 6) is 0.925. The van der Waals surface area contributed by atoms with Crippen molar-refractivity contribution in [2.45, 2.75) is 77.9 Å². The molecule has 0 amide bonds. The summed E-state index contributed by atoms with van der Waals surface area (Å²) in [6, 6.07) is 1.28. The Morgan fingerprint density at radius 2 is 2.10 bits per heavy atom. The molecule has 2 heterocycles. The predicted molar refractivity (Wildman–Crippen MR) is 91.3 cm³/mol. The Balaban J connectivity index is 1.85. The second-order valence-corrected chi connectivity index (χ2v) is 9.10. The van der Waals surface area contributed by atoms with Crippen LogP contribution in [0.5, 0.6) is 0 Å². The minimum atomic E-state index is 0.126. The van der Waals surface area contributed by atoms with Crippen molar-refractivity contribution in [1.82, 2.24) is 10.3 Å². The molecule has 1 aromatic heterocycles. The number of thiazole rings is 1. The van der Waals surface area contributed by atoms with Crippen molar-refractivity contribution in [3.63, 3.8) is 0 Å². The molecule has 118 valence electrons. The van der Waals surface area contributed by atoms with E-state index in [0.29, 0.717) is 6.04 Å². The quantitative estimate of drug-likeness (QED) is 0.913. The van der Waals surface area contributed by atoms with Gasteiger partial charge in [0.2, 0.25) is 0 Å². The number of fused-ring (bicyclic) bond motifs is 2. The van der Waals surface area contributed by atoms with Crippen LogP contribution in [0.15, 0.2) is 0 Å². The third-order valence-corrected chi connectivity index (χ3v) is 5.81. The first-order valence-electron chi connectivity index (χ1n) is 8.35. The zero-order valence-corrected chi connectivity index (χ0v) is 14.9. The number of rotatable bonds is 4. The molecule has 1 aromatic rings. The highest BCUT2D eigenvalue weighted by molar-refractivity contribution is 7.15. The van der Waals surface area contributed by atoms with E-state index < -0.39 is 0 Å². The van der Waals surface area contributed by atoms with Crippen LogP contribution >= 0.6 is 11.3 Å². The van der Waals surface area contributed by atoms with Gasteiger partial charge in [0.05, 0.1) is 5.69 Å². The van der Waals surface area contributed by atoms with Gasteiger partial charge in [-0.25, -0.2) is 4.98 Å². The normalized spacial score (nSPS) is 25.3. The zero-order valence-electron chi connectivity index (χ0n) is 14.1. The van der Waals surface area contributed by atoms with E-state index in [1.807, 2.05) is 11.3 Å². The number of nitrogens with zero attached hydrogens (tertiary/aromatic N) is 2. The lowest BCUT2D eigenvalue weighted by Crippen LogP contribution is -2.31. The van der Waals surface area contributed by atoms with E-state index in [1.54, 1.807) is 0 Å². The summed E-state index contributed by atoms with van der Waals surface area (Å²) in [5.41, 5.74) is 1.42. The molecular formula is C17H29N3S. The molecule has 1 saturated carbocycles. The van der Waals surface area contributed by atoms with E-state index in [9.17, 15) is 0 Å². The van der Waals surface area contributed by atoms with Crippen LogP contribution in [0, 0.1) is 5.92 Å². The van der Waals surface area contributed by atoms with Gasteiger partial charge in [0.1, 0.15) is 0 Å². The maximum absolute atomic E-state index is 5.06. The van der Waals surface area contributed by atoms with Gasteiger partial charge in [-0.05, 0) is 25.2 Å². The summed E-state index contributed by atoms with van der Waals surface area (Å²) in [6.45, 7) is 13.4. The number of anilines is 1. The van der Waals surface area contributed by atoms with Gasteiger partial charge < -0.3 is 10.2 Å². The lowest BCUT2D eigenvalue weighted by Gasteiger charge is -2.26. The third kappa shape index (κ3) is 3.11. The molecule has 21 heavy (non-hydrogen) atoms. The largest absolute Gasteiger partial charge is 0.345 e. The first kappa shape index (κ1) is 15.3. The molecular weight excluding hydrogens is 278 g/mol. The fourth-order valence-electron chi connectivity index (χ4n) is 3.62. The Morgan fingerprint density at radius 3 is 2.62 bits per heavy atom. The molecule has 4 heteroatoms. The SMILES string of the molecule is CC(C)NCc1sc(N2CC3CCC2C3)nc1C(C)(C)C. The summed E-state index contributed by atoms with van der Waals surface area (Å²) in [6.07, 6.45) is 4.19. The van der Waals surface area contributed by atoms with E-state index in [-0.39, 0.29) is 5.41 Å². The zero-order chi connectivity index (χ0) is 15.2. The lowest BCUT2D eigenvalue weighted by molar-refractivity contribution is 0.538. The number of piperidine rings is 1. The highest BCUT2D eigenvalue weighted by atomic mass is 32.1. The van der Waals surface area contributed by atoms with Gasteiger partial charge in [0.15, 0.2) is 5.13 Å². The average molecular weight is 308 g/mol. The van der Waals surface area contributed by atoms with Crippen molar-refractivity contribution >= 4 is 16.5 Å². The smallest absolute Gasteiger partial charge is 0.186 e. The van der Waals surface area contributed by atoms with Crippen LogP contribution in [-0.2, 0) is 12.0 Å². The van der Waals surface area contributed by atoms with Gasteiger partial charge in [0, 0.05) is 35.5 Å². The summed E-state index contributed by atoms with van der Waals surface area (Å²) in [4.78, 5) is 9.08. The molecule has 1 aliphatic heterocycles. The van der Waals surface area contributed by atoms with E-state index in [1.165, 1.54) is 41.5 Å². The van der Waals surface area contributed by atoms with Crippen LogP contribution in [0.2, 0.25) is 0 Å². The maximum atomic E-state index is 5.06. The molecule has 3 nitrogen and oxygen atoms in total. The van der Waals surface area contributed by atoms with Crippen LogP contribution in [-0.4, -0.2) is 23.6 Å². The molecule has 0 spiro atoms. The molecule has 2 atom stereocenters. The van der Waals surface area contributed by atoms with Crippen molar-refractivity contribution in [2.75, 3.05) is 11.4 Å². The second kappa shape index (κ2) is 5.54. The molecule has 3 rings (SSSR count). The minimum absolute atomic E-state index is 0.126. The van der Waals surface area contributed by atoms with E-state index in [4.69, 9.17) is 4.98 Å². The van der Waals surface area contributed by atoms with Gasteiger partial charge in [-0.3, -0.25) is 0 Å². The van der Waals surface area contributed by atoms with Crippen LogP contribution in [0.4, 0.5) is 5.13 Å². The summed E-state index contributed by atoms with van der Waals surface area (Å²) in [5, 5.41) is 4.84. The fourth-order valence-corrected chi connectivity index (χ4v) is 4.93. The van der Waals surface area contributed by atoms with Gasteiger partial charge in [-0.15, -0.1) is 11.3 Å². The molecule has 2 fully saturated rings. The number of aromatic nitrogens is 1. The standard InChI is InChI=1S/C17H29N3S/c1-11(2)18-9-14-15(17(3,4)5)19-16(21-14)20-10-12-6-7-13(20)8-12/h11-13,18H,6-10H2,1-5H3. The monoisotopic (exact) mass is 307 g/mol. The van der Waals surface area contributed by atoms with Gasteiger partial charge in [-0.1, -0.05) is 34.6 Å². The second-order valence-electron chi connectivity index (χ2n) is 8.04. The Labute approximate surface area is 133 Å². The topological polar surface area (TPSA) is 28.2 Å². The van der Waals surface area contributed by atoms with Crippen molar-refractivity contribution in [3.8, 4) is 0 Å². The van der Waals surface area contributed by atoms with E-state index >= 15 is 0 Å². The first-order chi connectivity index (χ1) is 9.84. The summed E-state index contributed by atoms with van der Waals surface area (Å²) in [7, 11) is 0. The van der Waals surface area contributed by atoms with Gasteiger partial charge in [0.25, 0.3) is 0 Å². The van der Waals surface area contributed by atoms with Crippen molar-refractivity contribution in [2.24, 2.45) is 5.92 Å². The third-order valence-electron chi connectivity index (χ3n) is 4.72. The van der Waals surface area contributed by atoms with Crippen LogP contribution in [0.25, 0.3) is 0 Å². The first-order valence-corrected chi connectivity index (χ1v) is 9.16. The molecule has 2 bridgehead atoms. The van der Waals surface area contributed by atoms with Crippen molar-refractivity contribution in [1.29, 1.82) is 0 Å². The average Bonchev–Trinajstić information content (AvgIpc) is 3.09. The molecule has 1 saturated heterocycles. The van der Waals surface area contributed by atoms with Crippen LogP contribution in [0.3, 0.4) is 0 Å². The fraction of sp³-hybridized carbons (Fsp3) is 0.824. The molecule has 1 N–H and O–H groups in total. The molecule has 2 aliphatic rings. The Bertz CT molecular complexity index is 501. The molecule has 0 radical (unpaired) electrons. The molecule has 1 aliphatic carbocycles. The Morgan fingerprint density at radius 1 is 1.33 bits per heavy atom. The van der Waals surface area contributed by atoms with Crippen LogP contribution < -0.4 is 10.2 Å². The van der Waals surface area contributed by atoms with Gasteiger partial charge >= 0.3 is 0 Å². The summed E-state index contributed by atoms with van der Waals surface area (Å²) < 4.78 is 0. The lowest BCUT2D eigenvalue weighted by atomic mass is 9.91. The number of hydrogen-bond acceptors (Lipinski definition) is 4. The number of hydrogen-bond donors (Lipinski definition) is 1.